The molecule has 106 valence electrons. The van der Waals surface area contributed by atoms with Gasteiger partial charge in [0.15, 0.2) is 0 Å². The van der Waals surface area contributed by atoms with Crippen LogP contribution in [0.5, 0.6) is 0 Å². The van der Waals surface area contributed by atoms with Crippen molar-refractivity contribution in [2.24, 2.45) is 0 Å². The lowest BCUT2D eigenvalue weighted by molar-refractivity contribution is -0.116. The monoisotopic (exact) mass is 297 g/mol. The fourth-order valence-electron chi connectivity index (χ4n) is 3.60. The highest BCUT2D eigenvalue weighted by Gasteiger charge is 2.30. The molecule has 0 saturated carbocycles. The van der Waals surface area contributed by atoms with Crippen molar-refractivity contribution in [1.29, 1.82) is 0 Å². The van der Waals surface area contributed by atoms with Gasteiger partial charge in [0, 0.05) is 23.0 Å². The van der Waals surface area contributed by atoms with E-state index in [9.17, 15) is 4.79 Å². The predicted octanol–water partition coefficient (Wildman–Crippen LogP) is 4.30. The SMILES string of the molecule is O=C1CC(c2ccc(Cl)cc2)c2ccc3c(c2N1)CCC3. The molecule has 0 bridgehead atoms. The summed E-state index contributed by atoms with van der Waals surface area (Å²) in [5, 5.41) is 3.84. The van der Waals surface area contributed by atoms with Gasteiger partial charge in [-0.1, -0.05) is 35.9 Å². The summed E-state index contributed by atoms with van der Waals surface area (Å²) in [7, 11) is 0. The molecule has 2 aliphatic rings. The minimum Gasteiger partial charge on any atom is -0.326 e. The molecule has 3 heteroatoms. The van der Waals surface area contributed by atoms with E-state index in [-0.39, 0.29) is 11.8 Å². The van der Waals surface area contributed by atoms with Crippen LogP contribution in [-0.4, -0.2) is 5.91 Å². The molecule has 0 fully saturated rings. The third kappa shape index (κ3) is 2.14. The van der Waals surface area contributed by atoms with Crippen molar-refractivity contribution < 1.29 is 4.79 Å². The van der Waals surface area contributed by atoms with Gasteiger partial charge < -0.3 is 5.32 Å². The van der Waals surface area contributed by atoms with Gasteiger partial charge in [-0.25, -0.2) is 0 Å². The van der Waals surface area contributed by atoms with Crippen molar-refractivity contribution in [3.05, 3.63) is 63.7 Å². The van der Waals surface area contributed by atoms with Crippen molar-refractivity contribution in [3.63, 3.8) is 0 Å². The molecule has 21 heavy (non-hydrogen) atoms. The predicted molar refractivity (Wildman–Crippen MR) is 85.0 cm³/mol. The van der Waals surface area contributed by atoms with E-state index in [4.69, 9.17) is 11.6 Å². The summed E-state index contributed by atoms with van der Waals surface area (Å²) >= 11 is 5.98. The first-order valence-electron chi connectivity index (χ1n) is 7.42. The van der Waals surface area contributed by atoms with Gasteiger partial charge in [0.25, 0.3) is 0 Å². The second-order valence-corrected chi connectivity index (χ2v) is 6.31. The molecule has 0 saturated heterocycles. The summed E-state index contributed by atoms with van der Waals surface area (Å²) in [6.45, 7) is 0. The first kappa shape index (κ1) is 12.9. The van der Waals surface area contributed by atoms with E-state index in [1.165, 1.54) is 23.1 Å². The summed E-state index contributed by atoms with van der Waals surface area (Å²) in [4.78, 5) is 12.1. The van der Waals surface area contributed by atoms with E-state index in [2.05, 4.69) is 17.4 Å². The normalized spacial score (nSPS) is 19.9. The Morgan fingerprint density at radius 3 is 2.67 bits per heavy atom. The molecule has 1 amide bonds. The number of fused-ring (bicyclic) bond motifs is 3. The first-order chi connectivity index (χ1) is 10.2. The number of nitrogens with one attached hydrogen (secondary N) is 1. The second-order valence-electron chi connectivity index (χ2n) is 5.88. The van der Waals surface area contributed by atoms with Crippen LogP contribution in [0.3, 0.4) is 0 Å². The van der Waals surface area contributed by atoms with Crippen LogP contribution in [0.4, 0.5) is 5.69 Å². The lowest BCUT2D eigenvalue weighted by Crippen LogP contribution is -2.24. The minimum absolute atomic E-state index is 0.114. The fourth-order valence-corrected chi connectivity index (χ4v) is 3.73. The highest BCUT2D eigenvalue weighted by atomic mass is 35.5. The van der Waals surface area contributed by atoms with Crippen LogP contribution in [0, 0.1) is 0 Å². The van der Waals surface area contributed by atoms with Crippen molar-refractivity contribution in [3.8, 4) is 0 Å². The zero-order valence-electron chi connectivity index (χ0n) is 11.7. The highest BCUT2D eigenvalue weighted by molar-refractivity contribution is 6.30. The average molecular weight is 298 g/mol. The molecule has 2 nitrogen and oxygen atoms in total. The van der Waals surface area contributed by atoms with Gasteiger partial charge in [0.2, 0.25) is 5.91 Å². The topological polar surface area (TPSA) is 29.1 Å². The Balaban J connectivity index is 1.85. The van der Waals surface area contributed by atoms with E-state index < -0.39 is 0 Å². The molecule has 2 aromatic carbocycles. The third-order valence-corrected chi connectivity index (χ3v) is 4.87. The van der Waals surface area contributed by atoms with E-state index >= 15 is 0 Å². The number of carbonyl (C=O) groups excluding carboxylic acids is 1. The first-order valence-corrected chi connectivity index (χ1v) is 7.80. The Morgan fingerprint density at radius 1 is 1.05 bits per heavy atom. The van der Waals surface area contributed by atoms with Crippen LogP contribution in [0.1, 0.15) is 41.0 Å². The molecular formula is C18H16ClNO. The number of carbonyl (C=O) groups is 1. The molecular weight excluding hydrogens is 282 g/mol. The van der Waals surface area contributed by atoms with Crippen LogP contribution in [0.25, 0.3) is 0 Å². The molecule has 1 aliphatic carbocycles. The van der Waals surface area contributed by atoms with E-state index in [1.54, 1.807) is 0 Å². The zero-order chi connectivity index (χ0) is 14.4. The number of aryl methyl sites for hydroxylation is 1. The maximum absolute atomic E-state index is 12.1. The number of rotatable bonds is 1. The van der Waals surface area contributed by atoms with Gasteiger partial charge in [0.1, 0.15) is 0 Å². The Bertz CT molecular complexity index is 721. The third-order valence-electron chi connectivity index (χ3n) is 4.62. The van der Waals surface area contributed by atoms with Gasteiger partial charge in [-0.05, 0) is 53.6 Å². The molecule has 1 N–H and O–H groups in total. The van der Waals surface area contributed by atoms with Crippen molar-refractivity contribution in [2.45, 2.75) is 31.6 Å². The van der Waals surface area contributed by atoms with E-state index in [1.807, 2.05) is 24.3 Å². The van der Waals surface area contributed by atoms with Gasteiger partial charge in [0.05, 0.1) is 0 Å². The average Bonchev–Trinajstić information content (AvgIpc) is 2.96. The van der Waals surface area contributed by atoms with Gasteiger partial charge >= 0.3 is 0 Å². The van der Waals surface area contributed by atoms with E-state index in [0.717, 1.165) is 29.1 Å². The Labute approximate surface area is 129 Å². The number of anilines is 1. The van der Waals surface area contributed by atoms with Crippen LogP contribution in [-0.2, 0) is 17.6 Å². The maximum atomic E-state index is 12.1. The molecule has 0 radical (unpaired) electrons. The summed E-state index contributed by atoms with van der Waals surface area (Å²) in [5.74, 6) is 0.250. The number of amides is 1. The van der Waals surface area contributed by atoms with Crippen molar-refractivity contribution >= 4 is 23.2 Å². The summed E-state index contributed by atoms with van der Waals surface area (Å²) in [5.41, 5.74) is 6.22. The maximum Gasteiger partial charge on any atom is 0.225 e. The molecule has 4 rings (SSSR count). The summed E-state index contributed by atoms with van der Waals surface area (Å²) < 4.78 is 0. The molecule has 1 heterocycles. The van der Waals surface area contributed by atoms with E-state index in [0.29, 0.717) is 6.42 Å². The van der Waals surface area contributed by atoms with Crippen LogP contribution in [0.15, 0.2) is 36.4 Å². The zero-order valence-corrected chi connectivity index (χ0v) is 12.4. The lowest BCUT2D eigenvalue weighted by atomic mass is 9.83. The standard InChI is InChI=1S/C18H16ClNO/c19-13-7-4-12(5-8-13)16-10-17(21)20-18-14-3-1-2-11(14)6-9-15(16)18/h4-9,16H,1-3,10H2,(H,20,21). The van der Waals surface area contributed by atoms with Crippen LogP contribution >= 0.6 is 11.6 Å². The van der Waals surface area contributed by atoms with Crippen LogP contribution in [0.2, 0.25) is 5.02 Å². The molecule has 0 aromatic heterocycles. The highest BCUT2D eigenvalue weighted by Crippen LogP contribution is 2.42. The quantitative estimate of drug-likeness (QED) is 0.835. The molecule has 0 spiro atoms. The number of hydrogen-bond acceptors (Lipinski definition) is 1. The molecule has 1 atom stereocenters. The smallest absolute Gasteiger partial charge is 0.225 e. The number of hydrogen-bond donors (Lipinski definition) is 1. The fraction of sp³-hybridized carbons (Fsp3) is 0.278. The van der Waals surface area contributed by atoms with Gasteiger partial charge in [-0.15, -0.1) is 0 Å². The molecule has 1 aliphatic heterocycles. The molecule has 1 unspecified atom stereocenters. The van der Waals surface area contributed by atoms with Crippen LogP contribution < -0.4 is 5.32 Å². The lowest BCUT2D eigenvalue weighted by Gasteiger charge is -2.28. The summed E-state index contributed by atoms with van der Waals surface area (Å²) in [6, 6.07) is 12.3. The minimum atomic E-state index is 0.114. The summed E-state index contributed by atoms with van der Waals surface area (Å²) in [6.07, 6.45) is 3.90. The largest absolute Gasteiger partial charge is 0.326 e. The second kappa shape index (κ2) is 4.88. The van der Waals surface area contributed by atoms with Crippen molar-refractivity contribution in [2.75, 3.05) is 5.32 Å². The number of benzene rings is 2. The molecule has 2 aromatic rings. The number of halogens is 1. The Hall–Kier alpha value is -1.80. The Morgan fingerprint density at radius 2 is 1.86 bits per heavy atom. The van der Waals surface area contributed by atoms with Gasteiger partial charge in [-0.2, -0.15) is 0 Å². The van der Waals surface area contributed by atoms with Gasteiger partial charge in [-0.3, -0.25) is 4.79 Å². The van der Waals surface area contributed by atoms with Crippen molar-refractivity contribution in [1.82, 2.24) is 0 Å². The Kier molecular flexibility index (Phi) is 3.00.